The Morgan fingerprint density at radius 1 is 0.971 bits per heavy atom. The van der Waals surface area contributed by atoms with Gasteiger partial charge in [0.25, 0.3) is 5.91 Å². The fourth-order valence-electron chi connectivity index (χ4n) is 2.91. The molecule has 0 aromatic heterocycles. The number of ether oxygens (including phenoxy) is 1. The number of carbonyl (C=O) groups excluding carboxylic acids is 3. The fraction of sp³-hybridized carbons (Fsp3) is 0.333. The molecular weight excluding hydrogens is 520 g/mol. The Hall–Kier alpha value is -2.98. The molecule has 8 nitrogen and oxygen atoms in total. The molecule has 182 valence electrons. The second-order valence-electron chi connectivity index (χ2n) is 8.41. The molecule has 0 atom stereocenters. The number of hydrogen-bond donors (Lipinski definition) is 4. The first-order valence-electron chi connectivity index (χ1n) is 10.7. The lowest BCUT2D eigenvalue weighted by Gasteiger charge is -2.21. The van der Waals surface area contributed by atoms with Crippen LogP contribution < -0.4 is 26.2 Å². The highest BCUT2D eigenvalue weighted by Crippen LogP contribution is 2.30. The van der Waals surface area contributed by atoms with Gasteiger partial charge in [0.15, 0.2) is 5.11 Å². The van der Waals surface area contributed by atoms with Crippen LogP contribution in [0.5, 0.6) is 5.75 Å². The molecule has 0 aliphatic heterocycles. The van der Waals surface area contributed by atoms with Crippen LogP contribution >= 0.6 is 28.1 Å². The normalized spacial score (nSPS) is 10.7. The Balaban J connectivity index is 1.74. The molecule has 0 bridgehead atoms. The van der Waals surface area contributed by atoms with Gasteiger partial charge in [-0.2, -0.15) is 0 Å². The summed E-state index contributed by atoms with van der Waals surface area (Å²) in [7, 11) is 0. The molecular formula is C24H29BrN4O4S. The summed E-state index contributed by atoms with van der Waals surface area (Å²) in [6.07, 6.45) is -0.0817. The minimum absolute atomic E-state index is 0.0198. The summed E-state index contributed by atoms with van der Waals surface area (Å²) in [6, 6.07) is 12.3. The number of hydrogen-bond acceptors (Lipinski definition) is 5. The topological polar surface area (TPSA) is 109 Å². The van der Waals surface area contributed by atoms with Gasteiger partial charge in [0.1, 0.15) is 5.75 Å². The third-order valence-corrected chi connectivity index (χ3v) is 5.47. The maximum Gasteiger partial charge on any atom is 0.257 e. The molecule has 2 aromatic carbocycles. The van der Waals surface area contributed by atoms with Crippen molar-refractivity contribution in [2.24, 2.45) is 0 Å². The summed E-state index contributed by atoms with van der Waals surface area (Å²) in [5.74, 6) is -0.457. The number of amides is 3. The number of halogens is 1. The van der Waals surface area contributed by atoms with Gasteiger partial charge >= 0.3 is 0 Å². The first-order chi connectivity index (χ1) is 16.0. The summed E-state index contributed by atoms with van der Waals surface area (Å²) in [5, 5.41) is 5.15. The lowest BCUT2D eigenvalue weighted by atomic mass is 9.86. The van der Waals surface area contributed by atoms with Gasteiger partial charge in [0.05, 0.1) is 6.61 Å². The minimum atomic E-state index is -0.448. The van der Waals surface area contributed by atoms with Crippen LogP contribution in [0.15, 0.2) is 46.9 Å². The van der Waals surface area contributed by atoms with Crippen molar-refractivity contribution in [1.82, 2.24) is 16.2 Å². The SMILES string of the molecule is CCOc1ccc(NC(=O)CCC(=O)NNC(=S)NC(=O)c2ccc(C(C)(C)C)c(Br)c2)cc1. The Labute approximate surface area is 213 Å². The molecule has 10 heteroatoms. The molecule has 4 N–H and O–H groups in total. The van der Waals surface area contributed by atoms with E-state index in [4.69, 9.17) is 17.0 Å². The summed E-state index contributed by atoms with van der Waals surface area (Å²) >= 11 is 8.56. The Bertz CT molecular complexity index is 1050. The summed E-state index contributed by atoms with van der Waals surface area (Å²) < 4.78 is 6.17. The van der Waals surface area contributed by atoms with Gasteiger partial charge in [-0.15, -0.1) is 0 Å². The van der Waals surface area contributed by atoms with Crippen LogP contribution in [0.4, 0.5) is 5.69 Å². The predicted octanol–water partition coefficient (Wildman–Crippen LogP) is 4.20. The van der Waals surface area contributed by atoms with E-state index < -0.39 is 11.8 Å². The van der Waals surface area contributed by atoms with Gasteiger partial charge in [-0.3, -0.25) is 30.6 Å². The van der Waals surface area contributed by atoms with Gasteiger partial charge in [-0.05, 0) is 66.5 Å². The molecule has 0 heterocycles. The average Bonchev–Trinajstić information content (AvgIpc) is 2.77. The van der Waals surface area contributed by atoms with E-state index in [1.807, 2.05) is 13.0 Å². The maximum atomic E-state index is 12.4. The number of nitrogens with one attached hydrogen (secondary N) is 4. The Morgan fingerprint density at radius 2 is 1.62 bits per heavy atom. The van der Waals surface area contributed by atoms with Gasteiger partial charge < -0.3 is 10.1 Å². The van der Waals surface area contributed by atoms with Crippen LogP contribution in [-0.4, -0.2) is 29.4 Å². The van der Waals surface area contributed by atoms with Crippen molar-refractivity contribution in [3.63, 3.8) is 0 Å². The molecule has 2 rings (SSSR count). The zero-order valence-corrected chi connectivity index (χ0v) is 22.0. The molecule has 34 heavy (non-hydrogen) atoms. The third kappa shape index (κ3) is 8.75. The van der Waals surface area contributed by atoms with E-state index in [1.165, 1.54) is 0 Å². The highest BCUT2D eigenvalue weighted by Gasteiger charge is 2.19. The number of thiocarbonyl (C=S) groups is 1. The molecule has 0 saturated carbocycles. The largest absolute Gasteiger partial charge is 0.494 e. The van der Waals surface area contributed by atoms with E-state index in [0.29, 0.717) is 23.6 Å². The van der Waals surface area contributed by atoms with Crippen molar-refractivity contribution < 1.29 is 19.1 Å². The van der Waals surface area contributed by atoms with Gasteiger partial charge in [-0.25, -0.2) is 0 Å². The van der Waals surface area contributed by atoms with Crippen molar-refractivity contribution in [1.29, 1.82) is 0 Å². The van der Waals surface area contributed by atoms with Crippen LogP contribution in [0, 0.1) is 0 Å². The molecule has 0 fully saturated rings. The molecule has 0 unspecified atom stereocenters. The molecule has 0 saturated heterocycles. The van der Waals surface area contributed by atoms with E-state index >= 15 is 0 Å². The number of anilines is 1. The Kier molecular flexibility index (Phi) is 10.0. The van der Waals surface area contributed by atoms with Crippen molar-refractivity contribution >= 4 is 56.7 Å². The third-order valence-electron chi connectivity index (χ3n) is 4.61. The van der Waals surface area contributed by atoms with Crippen molar-refractivity contribution in [2.45, 2.75) is 46.0 Å². The van der Waals surface area contributed by atoms with Gasteiger partial charge in [0.2, 0.25) is 11.8 Å². The van der Waals surface area contributed by atoms with E-state index in [-0.39, 0.29) is 29.3 Å². The van der Waals surface area contributed by atoms with Crippen LogP contribution in [0.3, 0.4) is 0 Å². The van der Waals surface area contributed by atoms with Crippen molar-refractivity contribution in [3.8, 4) is 5.75 Å². The molecule has 0 aliphatic rings. The van der Waals surface area contributed by atoms with Crippen LogP contribution in [0.25, 0.3) is 0 Å². The second kappa shape index (κ2) is 12.5. The minimum Gasteiger partial charge on any atom is -0.494 e. The van der Waals surface area contributed by atoms with Crippen LogP contribution in [-0.2, 0) is 15.0 Å². The van der Waals surface area contributed by atoms with Crippen LogP contribution in [0.2, 0.25) is 0 Å². The molecule has 2 aromatic rings. The standard InChI is InChI=1S/C24H29BrN4O4S/c1-5-33-17-9-7-16(8-10-17)26-20(30)12-13-21(31)28-29-23(34)27-22(32)15-6-11-18(19(25)14-15)24(2,3)4/h6-11,14H,5,12-13H2,1-4H3,(H,26,30)(H,28,31)(H2,27,29,32,34). The summed E-state index contributed by atoms with van der Waals surface area (Å²) in [5.41, 5.74) is 6.87. The maximum absolute atomic E-state index is 12.4. The van der Waals surface area contributed by atoms with E-state index in [0.717, 1.165) is 10.0 Å². The number of benzene rings is 2. The van der Waals surface area contributed by atoms with E-state index in [9.17, 15) is 14.4 Å². The smallest absolute Gasteiger partial charge is 0.257 e. The molecule has 3 amide bonds. The number of rotatable bonds is 7. The predicted molar refractivity (Wildman–Crippen MR) is 140 cm³/mol. The van der Waals surface area contributed by atoms with Crippen LogP contribution in [0.1, 0.15) is 56.5 Å². The lowest BCUT2D eigenvalue weighted by Crippen LogP contribution is -2.48. The summed E-state index contributed by atoms with van der Waals surface area (Å²) in [4.78, 5) is 36.5. The molecule has 0 radical (unpaired) electrons. The van der Waals surface area contributed by atoms with Gasteiger partial charge in [0, 0.05) is 28.6 Å². The zero-order valence-electron chi connectivity index (χ0n) is 19.6. The van der Waals surface area contributed by atoms with E-state index in [2.05, 4.69) is 58.2 Å². The summed E-state index contributed by atoms with van der Waals surface area (Å²) in [6.45, 7) is 8.69. The highest BCUT2D eigenvalue weighted by molar-refractivity contribution is 9.10. The van der Waals surface area contributed by atoms with Crippen molar-refractivity contribution in [2.75, 3.05) is 11.9 Å². The number of carbonyl (C=O) groups is 3. The second-order valence-corrected chi connectivity index (χ2v) is 9.67. The monoisotopic (exact) mass is 548 g/mol. The first-order valence-corrected chi connectivity index (χ1v) is 11.9. The lowest BCUT2D eigenvalue weighted by molar-refractivity contribution is -0.124. The zero-order chi connectivity index (χ0) is 25.3. The fourth-order valence-corrected chi connectivity index (χ4v) is 4.03. The molecule has 0 aliphatic carbocycles. The average molecular weight is 549 g/mol. The van der Waals surface area contributed by atoms with Gasteiger partial charge in [-0.1, -0.05) is 42.8 Å². The number of hydrazine groups is 1. The Morgan fingerprint density at radius 3 is 2.21 bits per heavy atom. The molecule has 0 spiro atoms. The van der Waals surface area contributed by atoms with E-state index in [1.54, 1.807) is 36.4 Å². The first kappa shape index (κ1) is 27.3. The highest BCUT2D eigenvalue weighted by atomic mass is 79.9. The quantitative estimate of drug-likeness (QED) is 0.305. The van der Waals surface area contributed by atoms with Crippen molar-refractivity contribution in [3.05, 3.63) is 58.1 Å².